The Bertz CT molecular complexity index is 585. The fraction of sp³-hybridized carbons (Fsp3) is 0.636. The Morgan fingerprint density at radius 1 is 1.50 bits per heavy atom. The minimum atomic E-state index is 0.585. The summed E-state index contributed by atoms with van der Waals surface area (Å²) in [6.45, 7) is 2.12. The van der Waals surface area contributed by atoms with Crippen LogP contribution in [0, 0.1) is 4.77 Å². The van der Waals surface area contributed by atoms with Gasteiger partial charge in [0.2, 0.25) is 0 Å². The maximum Gasteiger partial charge on any atom is 0.179 e. The van der Waals surface area contributed by atoms with E-state index in [9.17, 15) is 0 Å². The molecule has 5 heteroatoms. The molecule has 1 N–H and O–H groups in total. The Hall–Kier alpha value is -1.10. The highest BCUT2D eigenvalue weighted by molar-refractivity contribution is 7.71. The number of aromatic nitrogens is 4. The van der Waals surface area contributed by atoms with Crippen LogP contribution in [0.1, 0.15) is 37.9 Å². The van der Waals surface area contributed by atoms with Crippen molar-refractivity contribution < 1.29 is 0 Å². The van der Waals surface area contributed by atoms with E-state index in [1.54, 1.807) is 0 Å². The van der Waals surface area contributed by atoms with Gasteiger partial charge >= 0.3 is 0 Å². The van der Waals surface area contributed by atoms with Gasteiger partial charge in [0, 0.05) is 13.1 Å². The van der Waals surface area contributed by atoms with Gasteiger partial charge in [0.25, 0.3) is 0 Å². The number of hydrogen-bond acceptors (Lipinski definition) is 2. The summed E-state index contributed by atoms with van der Waals surface area (Å²) in [5, 5.41) is 4.53. The van der Waals surface area contributed by atoms with Gasteiger partial charge < -0.3 is 4.98 Å². The summed E-state index contributed by atoms with van der Waals surface area (Å²) in [4.78, 5) is 3.31. The van der Waals surface area contributed by atoms with E-state index in [0.29, 0.717) is 6.04 Å². The van der Waals surface area contributed by atoms with Crippen molar-refractivity contribution in [1.29, 1.82) is 0 Å². The summed E-state index contributed by atoms with van der Waals surface area (Å²) in [6.07, 6.45) is 4.75. The molecule has 0 bridgehead atoms. The third kappa shape index (κ3) is 1.21. The lowest BCUT2D eigenvalue weighted by Gasteiger charge is -2.27. The van der Waals surface area contributed by atoms with Crippen LogP contribution in [0.3, 0.4) is 0 Å². The number of H-pyrrole nitrogens is 1. The van der Waals surface area contributed by atoms with E-state index < -0.39 is 0 Å². The molecule has 0 spiro atoms. The molecule has 1 fully saturated rings. The molecule has 86 valence electrons. The highest BCUT2D eigenvalue weighted by Crippen LogP contribution is 2.34. The van der Waals surface area contributed by atoms with Crippen LogP contribution in [-0.2, 0) is 13.5 Å². The third-order valence-electron chi connectivity index (χ3n) is 3.54. The first kappa shape index (κ1) is 10.1. The maximum atomic E-state index is 5.42. The molecular weight excluding hydrogens is 220 g/mol. The van der Waals surface area contributed by atoms with Gasteiger partial charge in [0.15, 0.2) is 10.4 Å². The van der Waals surface area contributed by atoms with E-state index in [4.69, 9.17) is 12.2 Å². The molecule has 0 aliphatic heterocycles. The minimum Gasteiger partial charge on any atom is -0.328 e. The van der Waals surface area contributed by atoms with Gasteiger partial charge in [-0.15, -0.1) is 0 Å². The van der Waals surface area contributed by atoms with Crippen LogP contribution in [0.4, 0.5) is 0 Å². The van der Waals surface area contributed by atoms with Crippen LogP contribution >= 0.6 is 12.2 Å². The van der Waals surface area contributed by atoms with Crippen LogP contribution in [0.2, 0.25) is 0 Å². The van der Waals surface area contributed by atoms with Gasteiger partial charge in [0.05, 0.1) is 5.69 Å². The average molecular weight is 236 g/mol. The van der Waals surface area contributed by atoms with Crippen molar-refractivity contribution in [2.45, 2.75) is 38.6 Å². The topological polar surface area (TPSA) is 38.5 Å². The minimum absolute atomic E-state index is 0.585. The smallest absolute Gasteiger partial charge is 0.179 e. The number of imidazole rings is 1. The largest absolute Gasteiger partial charge is 0.328 e. The summed E-state index contributed by atoms with van der Waals surface area (Å²) in [5.74, 6) is 0. The SMILES string of the molecule is CCc1nn(C)c2c1[nH]c(=S)n2C1CCC1. The number of rotatable bonds is 2. The molecule has 2 aromatic heterocycles. The van der Waals surface area contributed by atoms with Gasteiger partial charge in [-0.25, -0.2) is 0 Å². The number of hydrogen-bond donors (Lipinski definition) is 1. The molecule has 2 heterocycles. The van der Waals surface area contributed by atoms with Gasteiger partial charge in [-0.2, -0.15) is 5.10 Å². The lowest BCUT2D eigenvalue weighted by molar-refractivity contribution is 0.314. The van der Waals surface area contributed by atoms with Crippen molar-refractivity contribution in [1.82, 2.24) is 19.3 Å². The lowest BCUT2D eigenvalue weighted by Crippen LogP contribution is -2.18. The van der Waals surface area contributed by atoms with Crippen molar-refractivity contribution in [3.05, 3.63) is 10.5 Å². The van der Waals surface area contributed by atoms with E-state index >= 15 is 0 Å². The molecule has 3 rings (SSSR count). The first-order chi connectivity index (χ1) is 7.72. The highest BCUT2D eigenvalue weighted by atomic mass is 32.1. The Balaban J connectivity index is 2.30. The second-order valence-corrected chi connectivity index (χ2v) is 4.89. The van der Waals surface area contributed by atoms with Crippen LogP contribution in [0.15, 0.2) is 0 Å². The molecule has 0 aromatic carbocycles. The molecule has 16 heavy (non-hydrogen) atoms. The predicted octanol–water partition coefficient (Wildman–Crippen LogP) is 2.72. The molecule has 1 saturated carbocycles. The number of nitrogens with one attached hydrogen (secondary N) is 1. The predicted molar refractivity (Wildman–Crippen MR) is 66.2 cm³/mol. The van der Waals surface area contributed by atoms with Gasteiger partial charge in [-0.05, 0) is 37.9 Å². The number of nitrogens with zero attached hydrogens (tertiary/aromatic N) is 3. The maximum absolute atomic E-state index is 5.42. The third-order valence-corrected chi connectivity index (χ3v) is 3.84. The van der Waals surface area contributed by atoms with Crippen molar-refractivity contribution in [2.24, 2.45) is 7.05 Å². The van der Waals surface area contributed by atoms with E-state index in [2.05, 4.69) is 21.6 Å². The number of aryl methyl sites for hydroxylation is 2. The standard InChI is InChI=1S/C11H16N4S/c1-3-8-9-10(14(2)13-8)15(11(16)12-9)7-5-4-6-7/h7H,3-6H2,1-2H3,(H,12,16). The summed E-state index contributed by atoms with van der Waals surface area (Å²) in [6, 6.07) is 0.585. The molecule has 2 aromatic rings. The Morgan fingerprint density at radius 2 is 2.25 bits per heavy atom. The number of fused-ring (bicyclic) bond motifs is 1. The molecule has 4 nitrogen and oxygen atoms in total. The summed E-state index contributed by atoms with van der Waals surface area (Å²) in [7, 11) is 2.00. The van der Waals surface area contributed by atoms with Crippen molar-refractivity contribution in [3.63, 3.8) is 0 Å². The molecule has 0 radical (unpaired) electrons. The van der Waals surface area contributed by atoms with E-state index in [-0.39, 0.29) is 0 Å². The Morgan fingerprint density at radius 3 is 2.81 bits per heavy atom. The fourth-order valence-corrected chi connectivity index (χ4v) is 2.81. The Kier molecular flexibility index (Phi) is 2.17. The average Bonchev–Trinajstić information content (AvgIpc) is 2.65. The summed E-state index contributed by atoms with van der Waals surface area (Å²) < 4.78 is 5.06. The highest BCUT2D eigenvalue weighted by Gasteiger charge is 2.24. The molecular formula is C11H16N4S. The molecule has 1 aliphatic carbocycles. The second kappa shape index (κ2) is 3.45. The Labute approximate surface area is 99.3 Å². The fourth-order valence-electron chi connectivity index (χ4n) is 2.47. The van der Waals surface area contributed by atoms with Crippen molar-refractivity contribution in [3.8, 4) is 0 Å². The first-order valence-corrected chi connectivity index (χ1v) is 6.29. The van der Waals surface area contributed by atoms with Crippen LogP contribution < -0.4 is 0 Å². The zero-order valence-corrected chi connectivity index (χ0v) is 10.5. The normalized spacial score (nSPS) is 16.9. The van der Waals surface area contributed by atoms with Gasteiger partial charge in [0.1, 0.15) is 5.52 Å². The molecule has 1 aliphatic rings. The van der Waals surface area contributed by atoms with E-state index in [1.807, 2.05) is 11.7 Å². The second-order valence-electron chi connectivity index (χ2n) is 4.51. The van der Waals surface area contributed by atoms with E-state index in [1.165, 1.54) is 19.3 Å². The molecule has 0 amide bonds. The quantitative estimate of drug-likeness (QED) is 0.814. The first-order valence-electron chi connectivity index (χ1n) is 5.88. The molecule has 0 unspecified atom stereocenters. The van der Waals surface area contributed by atoms with Crippen LogP contribution in [-0.4, -0.2) is 19.3 Å². The summed E-state index contributed by atoms with van der Waals surface area (Å²) >= 11 is 5.42. The van der Waals surface area contributed by atoms with Crippen molar-refractivity contribution >= 4 is 23.4 Å². The lowest BCUT2D eigenvalue weighted by atomic mass is 9.93. The van der Waals surface area contributed by atoms with Crippen molar-refractivity contribution in [2.75, 3.05) is 0 Å². The zero-order chi connectivity index (χ0) is 11.3. The van der Waals surface area contributed by atoms with Crippen LogP contribution in [0.5, 0.6) is 0 Å². The van der Waals surface area contributed by atoms with Crippen LogP contribution in [0.25, 0.3) is 11.2 Å². The summed E-state index contributed by atoms with van der Waals surface area (Å²) in [5.41, 5.74) is 3.40. The van der Waals surface area contributed by atoms with Gasteiger partial charge in [-0.1, -0.05) is 6.92 Å². The molecule has 0 atom stereocenters. The zero-order valence-electron chi connectivity index (χ0n) is 9.66. The number of aromatic amines is 1. The van der Waals surface area contributed by atoms with Gasteiger partial charge in [-0.3, -0.25) is 9.25 Å². The molecule has 0 saturated heterocycles. The monoisotopic (exact) mass is 236 g/mol. The van der Waals surface area contributed by atoms with E-state index in [0.717, 1.165) is 28.0 Å².